The number of benzene rings is 2. The molecule has 0 aliphatic heterocycles. The molecule has 0 amide bonds. The van der Waals surface area contributed by atoms with Gasteiger partial charge in [-0.1, -0.05) is 36.4 Å². The first kappa shape index (κ1) is 12.7. The van der Waals surface area contributed by atoms with E-state index in [1.807, 2.05) is 48.7 Å². The lowest BCUT2D eigenvalue weighted by atomic mass is 10.1. The molecule has 0 bridgehead atoms. The van der Waals surface area contributed by atoms with Gasteiger partial charge in [-0.25, -0.2) is 0 Å². The molecule has 0 spiro atoms. The van der Waals surface area contributed by atoms with Crippen LogP contribution in [0.3, 0.4) is 0 Å². The highest BCUT2D eigenvalue weighted by Gasteiger charge is 2.05. The Morgan fingerprint density at radius 1 is 0.864 bits per heavy atom. The van der Waals surface area contributed by atoms with Crippen LogP contribution in [-0.2, 0) is 6.54 Å². The molecule has 0 aliphatic rings. The van der Waals surface area contributed by atoms with E-state index in [2.05, 4.69) is 38.4 Å². The minimum absolute atomic E-state index is 0.477. The molecule has 2 aromatic heterocycles. The maximum atomic E-state index is 4.45. The second-order valence-electron chi connectivity index (χ2n) is 5.13. The fourth-order valence-corrected chi connectivity index (χ4v) is 2.56. The van der Waals surface area contributed by atoms with E-state index < -0.39 is 0 Å². The first-order chi connectivity index (χ1) is 10.9. The number of rotatable bonds is 3. The number of azo groups is 1. The van der Waals surface area contributed by atoms with Gasteiger partial charge in [-0.05, 0) is 24.3 Å². The zero-order valence-corrected chi connectivity index (χ0v) is 11.9. The normalized spacial score (nSPS) is 11.6. The van der Waals surface area contributed by atoms with Gasteiger partial charge in [0.05, 0.1) is 23.1 Å². The van der Waals surface area contributed by atoms with Crippen molar-refractivity contribution in [1.82, 2.24) is 9.97 Å². The molecule has 2 aromatic carbocycles. The predicted octanol–water partition coefficient (Wildman–Crippen LogP) is 5.00. The summed E-state index contributed by atoms with van der Waals surface area (Å²) in [6.07, 6.45) is 1.86. The number of para-hydroxylation sites is 1. The van der Waals surface area contributed by atoms with Crippen LogP contribution in [-0.4, -0.2) is 9.97 Å². The summed E-state index contributed by atoms with van der Waals surface area (Å²) >= 11 is 0. The molecule has 106 valence electrons. The summed E-state index contributed by atoms with van der Waals surface area (Å²) in [5, 5.41) is 10.8. The third-order valence-corrected chi connectivity index (χ3v) is 3.62. The number of nitrogens with zero attached hydrogens (tertiary/aromatic N) is 3. The third-order valence-electron chi connectivity index (χ3n) is 3.62. The molecule has 0 saturated carbocycles. The Labute approximate surface area is 127 Å². The minimum atomic E-state index is 0.477. The van der Waals surface area contributed by atoms with E-state index in [1.54, 1.807) is 0 Å². The van der Waals surface area contributed by atoms with Gasteiger partial charge in [-0.15, -0.1) is 0 Å². The lowest BCUT2D eigenvalue weighted by Crippen LogP contribution is -1.86. The van der Waals surface area contributed by atoms with Gasteiger partial charge in [0, 0.05) is 16.3 Å². The Balaban J connectivity index is 1.65. The van der Waals surface area contributed by atoms with Crippen LogP contribution < -0.4 is 0 Å². The zero-order valence-electron chi connectivity index (χ0n) is 11.9. The lowest BCUT2D eigenvalue weighted by Gasteiger charge is -1.96. The van der Waals surface area contributed by atoms with E-state index in [0.717, 1.165) is 22.4 Å². The van der Waals surface area contributed by atoms with Crippen molar-refractivity contribution in [3.8, 4) is 0 Å². The van der Waals surface area contributed by atoms with Crippen molar-refractivity contribution >= 4 is 27.5 Å². The van der Waals surface area contributed by atoms with Gasteiger partial charge in [-0.3, -0.25) is 4.98 Å². The van der Waals surface area contributed by atoms with Crippen LogP contribution in [0.5, 0.6) is 0 Å². The predicted molar refractivity (Wildman–Crippen MR) is 88.3 cm³/mol. The van der Waals surface area contributed by atoms with Crippen molar-refractivity contribution in [3.63, 3.8) is 0 Å². The van der Waals surface area contributed by atoms with Gasteiger partial charge in [-0.2, -0.15) is 10.2 Å². The van der Waals surface area contributed by atoms with Crippen LogP contribution in [0.15, 0.2) is 77.1 Å². The summed E-state index contributed by atoms with van der Waals surface area (Å²) in [7, 11) is 0. The molecule has 1 N–H and O–H groups in total. The second kappa shape index (κ2) is 5.41. The molecular weight excluding hydrogens is 272 g/mol. The molecule has 0 saturated heterocycles. The Hall–Kier alpha value is -3.01. The summed E-state index contributed by atoms with van der Waals surface area (Å²) in [5.74, 6) is 0. The number of nitrogens with one attached hydrogen (secondary N) is 1. The molecule has 0 atom stereocenters. The second-order valence-corrected chi connectivity index (χ2v) is 5.13. The SMILES string of the molecule is c1ccc(N=NCc2cc3c(cn2)[nH]c2ccccc23)cc1. The zero-order chi connectivity index (χ0) is 14.8. The van der Waals surface area contributed by atoms with Crippen LogP contribution in [0.1, 0.15) is 5.69 Å². The third kappa shape index (κ3) is 2.35. The Bertz CT molecular complexity index is 955. The van der Waals surface area contributed by atoms with Crippen molar-refractivity contribution in [1.29, 1.82) is 0 Å². The highest BCUT2D eigenvalue weighted by Crippen LogP contribution is 2.25. The molecule has 0 aliphatic carbocycles. The Kier molecular flexibility index (Phi) is 3.12. The largest absolute Gasteiger partial charge is 0.353 e. The average molecular weight is 286 g/mol. The number of H-pyrrole nitrogens is 1. The van der Waals surface area contributed by atoms with Crippen molar-refractivity contribution < 1.29 is 0 Å². The van der Waals surface area contributed by atoms with Gasteiger partial charge in [0.1, 0.15) is 6.54 Å². The molecule has 4 aromatic rings. The van der Waals surface area contributed by atoms with E-state index in [1.165, 1.54) is 10.8 Å². The number of pyridine rings is 1. The maximum absolute atomic E-state index is 4.45. The molecule has 22 heavy (non-hydrogen) atoms. The molecule has 0 unspecified atom stereocenters. The van der Waals surface area contributed by atoms with E-state index in [4.69, 9.17) is 0 Å². The standard InChI is InChI=1S/C18H14N4/c1-2-6-13(7-3-1)22-20-11-14-10-16-15-8-4-5-9-17(15)21-18(16)12-19-14/h1-10,12,21H,11H2. The lowest BCUT2D eigenvalue weighted by molar-refractivity contribution is 0.919. The van der Waals surface area contributed by atoms with Gasteiger partial charge in [0.2, 0.25) is 0 Å². The number of hydrogen-bond acceptors (Lipinski definition) is 3. The van der Waals surface area contributed by atoms with Gasteiger partial charge in [0.25, 0.3) is 0 Å². The van der Waals surface area contributed by atoms with Crippen molar-refractivity contribution in [2.75, 3.05) is 0 Å². The molecule has 0 fully saturated rings. The summed E-state index contributed by atoms with van der Waals surface area (Å²) in [5.41, 5.74) is 3.94. The molecule has 2 heterocycles. The number of aromatic amines is 1. The van der Waals surface area contributed by atoms with Gasteiger partial charge in [0.15, 0.2) is 0 Å². The van der Waals surface area contributed by atoms with E-state index in [-0.39, 0.29) is 0 Å². The summed E-state index contributed by atoms with van der Waals surface area (Å²) in [6, 6.07) is 20.1. The van der Waals surface area contributed by atoms with Gasteiger partial charge < -0.3 is 4.98 Å². The van der Waals surface area contributed by atoms with Crippen LogP contribution in [0.2, 0.25) is 0 Å². The highest BCUT2D eigenvalue weighted by atomic mass is 15.1. The smallest absolute Gasteiger partial charge is 0.102 e. The summed E-state index contributed by atoms with van der Waals surface area (Å²) in [4.78, 5) is 7.82. The van der Waals surface area contributed by atoms with Gasteiger partial charge >= 0.3 is 0 Å². The first-order valence-corrected chi connectivity index (χ1v) is 7.18. The Morgan fingerprint density at radius 2 is 1.68 bits per heavy atom. The maximum Gasteiger partial charge on any atom is 0.102 e. The fraction of sp³-hybridized carbons (Fsp3) is 0.0556. The van der Waals surface area contributed by atoms with Crippen LogP contribution in [0.4, 0.5) is 5.69 Å². The monoisotopic (exact) mass is 286 g/mol. The highest BCUT2D eigenvalue weighted by molar-refractivity contribution is 6.06. The molecule has 4 rings (SSSR count). The molecule has 4 nitrogen and oxygen atoms in total. The Morgan fingerprint density at radius 3 is 2.59 bits per heavy atom. The average Bonchev–Trinajstić information content (AvgIpc) is 2.94. The van der Waals surface area contributed by atoms with Crippen molar-refractivity contribution in [2.45, 2.75) is 6.54 Å². The van der Waals surface area contributed by atoms with E-state index >= 15 is 0 Å². The quantitative estimate of drug-likeness (QED) is 0.529. The molecule has 4 heteroatoms. The minimum Gasteiger partial charge on any atom is -0.353 e. The van der Waals surface area contributed by atoms with E-state index in [9.17, 15) is 0 Å². The van der Waals surface area contributed by atoms with Crippen LogP contribution in [0.25, 0.3) is 21.8 Å². The van der Waals surface area contributed by atoms with Crippen molar-refractivity contribution in [3.05, 3.63) is 72.6 Å². The van der Waals surface area contributed by atoms with E-state index in [0.29, 0.717) is 6.54 Å². The van der Waals surface area contributed by atoms with Crippen LogP contribution in [0, 0.1) is 0 Å². The fourth-order valence-electron chi connectivity index (χ4n) is 2.56. The first-order valence-electron chi connectivity index (χ1n) is 7.18. The number of hydrogen-bond donors (Lipinski definition) is 1. The summed E-state index contributed by atoms with van der Waals surface area (Å²) in [6.45, 7) is 0.477. The molecule has 0 radical (unpaired) electrons. The number of fused-ring (bicyclic) bond motifs is 3. The van der Waals surface area contributed by atoms with Crippen molar-refractivity contribution in [2.24, 2.45) is 10.2 Å². The molecular formula is C18H14N4. The van der Waals surface area contributed by atoms with Crippen LogP contribution >= 0.6 is 0 Å². The summed E-state index contributed by atoms with van der Waals surface area (Å²) < 4.78 is 0. The number of aromatic nitrogens is 2. The topological polar surface area (TPSA) is 53.4 Å².